The summed E-state index contributed by atoms with van der Waals surface area (Å²) in [5.41, 5.74) is 1.02. The number of benzene rings is 1. The van der Waals surface area contributed by atoms with Gasteiger partial charge in [0.25, 0.3) is 0 Å². The molecule has 1 saturated carbocycles. The van der Waals surface area contributed by atoms with Crippen molar-refractivity contribution in [1.82, 2.24) is 5.32 Å². The van der Waals surface area contributed by atoms with Crippen LogP contribution in [-0.4, -0.2) is 12.1 Å². The molecule has 0 radical (unpaired) electrons. The van der Waals surface area contributed by atoms with E-state index in [1.54, 1.807) is 0 Å². The molecule has 0 aromatic heterocycles. The highest BCUT2D eigenvalue weighted by Gasteiger charge is 2.16. The fourth-order valence-electron chi connectivity index (χ4n) is 2.18. The third-order valence-corrected chi connectivity index (χ3v) is 3.14. The summed E-state index contributed by atoms with van der Waals surface area (Å²) < 4.78 is 5.18. The van der Waals surface area contributed by atoms with E-state index >= 15 is 0 Å². The zero-order valence-corrected chi connectivity index (χ0v) is 10.0. The first-order valence-corrected chi connectivity index (χ1v) is 6.32. The van der Waals surface area contributed by atoms with Crippen LogP contribution in [0.15, 0.2) is 30.3 Å². The number of alkyl carbamates (subject to hydrolysis) is 1. The molecule has 92 valence electrons. The second-order valence-corrected chi connectivity index (χ2v) is 4.54. The quantitative estimate of drug-likeness (QED) is 0.870. The molecular weight excluding hydrogens is 214 g/mol. The highest BCUT2D eigenvalue weighted by molar-refractivity contribution is 5.67. The van der Waals surface area contributed by atoms with Gasteiger partial charge in [0.05, 0.1) is 0 Å². The van der Waals surface area contributed by atoms with Crippen LogP contribution in [0.1, 0.15) is 37.7 Å². The molecule has 0 saturated heterocycles. The highest BCUT2D eigenvalue weighted by Crippen LogP contribution is 2.17. The summed E-state index contributed by atoms with van der Waals surface area (Å²) in [6.07, 6.45) is 5.59. The molecule has 0 atom stereocenters. The molecule has 3 nitrogen and oxygen atoms in total. The predicted molar refractivity (Wildman–Crippen MR) is 66.6 cm³/mol. The van der Waals surface area contributed by atoms with Crippen molar-refractivity contribution in [1.29, 1.82) is 0 Å². The Balaban J connectivity index is 1.70. The van der Waals surface area contributed by atoms with Gasteiger partial charge >= 0.3 is 6.09 Å². The van der Waals surface area contributed by atoms with E-state index in [0.29, 0.717) is 12.6 Å². The summed E-state index contributed by atoms with van der Waals surface area (Å²) in [4.78, 5) is 11.6. The molecule has 1 aliphatic carbocycles. The van der Waals surface area contributed by atoms with E-state index in [1.165, 1.54) is 19.3 Å². The lowest BCUT2D eigenvalue weighted by Crippen LogP contribution is -2.36. The summed E-state index contributed by atoms with van der Waals surface area (Å²) in [6, 6.07) is 10.1. The van der Waals surface area contributed by atoms with Crippen molar-refractivity contribution < 1.29 is 9.53 Å². The van der Waals surface area contributed by atoms with Crippen molar-refractivity contribution in [2.24, 2.45) is 0 Å². The van der Waals surface area contributed by atoms with Gasteiger partial charge in [-0.15, -0.1) is 0 Å². The molecule has 0 aliphatic heterocycles. The van der Waals surface area contributed by atoms with E-state index in [4.69, 9.17) is 4.74 Å². The molecule has 2 rings (SSSR count). The maximum atomic E-state index is 11.6. The third-order valence-electron chi connectivity index (χ3n) is 3.14. The van der Waals surface area contributed by atoms with Crippen molar-refractivity contribution in [2.45, 2.75) is 44.8 Å². The highest BCUT2D eigenvalue weighted by atomic mass is 16.5. The van der Waals surface area contributed by atoms with Crippen LogP contribution >= 0.6 is 0 Å². The van der Waals surface area contributed by atoms with Crippen LogP contribution in [0.3, 0.4) is 0 Å². The number of nitrogens with one attached hydrogen (secondary N) is 1. The SMILES string of the molecule is O=C(NC1CCCCC1)OCc1ccccc1. The van der Waals surface area contributed by atoms with E-state index < -0.39 is 0 Å². The van der Waals surface area contributed by atoms with E-state index in [-0.39, 0.29) is 6.09 Å². The zero-order valence-electron chi connectivity index (χ0n) is 10.0. The van der Waals surface area contributed by atoms with Crippen LogP contribution in [0.2, 0.25) is 0 Å². The number of hydrogen-bond donors (Lipinski definition) is 1. The first-order valence-electron chi connectivity index (χ1n) is 6.32. The monoisotopic (exact) mass is 233 g/mol. The van der Waals surface area contributed by atoms with Crippen molar-refractivity contribution in [3.63, 3.8) is 0 Å². The Morgan fingerprint density at radius 3 is 2.59 bits per heavy atom. The second kappa shape index (κ2) is 6.28. The smallest absolute Gasteiger partial charge is 0.407 e. The molecule has 1 aromatic rings. The summed E-state index contributed by atoms with van der Waals surface area (Å²) >= 11 is 0. The Bertz CT molecular complexity index is 344. The molecule has 0 bridgehead atoms. The van der Waals surface area contributed by atoms with Crippen LogP contribution in [0.5, 0.6) is 0 Å². The normalized spacial score (nSPS) is 16.5. The fraction of sp³-hybridized carbons (Fsp3) is 0.500. The molecule has 0 spiro atoms. The fourth-order valence-corrected chi connectivity index (χ4v) is 2.18. The Hall–Kier alpha value is -1.51. The van der Waals surface area contributed by atoms with Gasteiger partial charge in [0.15, 0.2) is 0 Å². The van der Waals surface area contributed by atoms with E-state index in [0.717, 1.165) is 18.4 Å². The predicted octanol–water partition coefficient (Wildman–Crippen LogP) is 3.25. The molecule has 1 fully saturated rings. The topological polar surface area (TPSA) is 38.3 Å². The molecule has 1 aliphatic rings. The molecular formula is C14H19NO2. The number of carbonyl (C=O) groups excluding carboxylic acids is 1. The van der Waals surface area contributed by atoms with Crippen molar-refractivity contribution in [3.8, 4) is 0 Å². The molecule has 3 heteroatoms. The summed E-state index contributed by atoms with van der Waals surface area (Å²) in [6.45, 7) is 0.347. The van der Waals surface area contributed by atoms with Crippen LogP contribution in [0, 0.1) is 0 Å². The van der Waals surface area contributed by atoms with Gasteiger partial charge in [0.1, 0.15) is 6.61 Å². The van der Waals surface area contributed by atoms with Gasteiger partial charge in [-0.3, -0.25) is 0 Å². The zero-order chi connectivity index (χ0) is 11.9. The van der Waals surface area contributed by atoms with E-state index in [9.17, 15) is 4.79 Å². The maximum Gasteiger partial charge on any atom is 0.407 e. The third kappa shape index (κ3) is 4.10. The Morgan fingerprint density at radius 2 is 1.88 bits per heavy atom. The Kier molecular flexibility index (Phi) is 4.42. The minimum absolute atomic E-state index is 0.291. The number of carbonyl (C=O) groups is 1. The average molecular weight is 233 g/mol. The van der Waals surface area contributed by atoms with Crippen LogP contribution < -0.4 is 5.32 Å². The minimum Gasteiger partial charge on any atom is -0.445 e. The largest absolute Gasteiger partial charge is 0.445 e. The lowest BCUT2D eigenvalue weighted by molar-refractivity contribution is 0.133. The lowest BCUT2D eigenvalue weighted by Gasteiger charge is -2.22. The van der Waals surface area contributed by atoms with Gasteiger partial charge in [0.2, 0.25) is 0 Å². The number of rotatable bonds is 3. The van der Waals surface area contributed by atoms with Gasteiger partial charge in [-0.05, 0) is 18.4 Å². The Morgan fingerprint density at radius 1 is 1.18 bits per heavy atom. The van der Waals surface area contributed by atoms with Crippen LogP contribution in [0.25, 0.3) is 0 Å². The van der Waals surface area contributed by atoms with Gasteiger partial charge in [0, 0.05) is 6.04 Å². The standard InChI is InChI=1S/C14H19NO2/c16-14(15-13-9-5-2-6-10-13)17-11-12-7-3-1-4-8-12/h1,3-4,7-8,13H,2,5-6,9-11H2,(H,15,16). The van der Waals surface area contributed by atoms with E-state index in [1.807, 2.05) is 30.3 Å². The number of amides is 1. The summed E-state index contributed by atoms with van der Waals surface area (Å²) in [5, 5.41) is 2.93. The summed E-state index contributed by atoms with van der Waals surface area (Å²) in [7, 11) is 0. The summed E-state index contributed by atoms with van der Waals surface area (Å²) in [5.74, 6) is 0. The molecule has 1 aromatic carbocycles. The molecule has 0 heterocycles. The van der Waals surface area contributed by atoms with Gasteiger partial charge in [-0.25, -0.2) is 4.79 Å². The van der Waals surface area contributed by atoms with Crippen molar-refractivity contribution in [3.05, 3.63) is 35.9 Å². The van der Waals surface area contributed by atoms with Crippen LogP contribution in [0.4, 0.5) is 4.79 Å². The molecule has 1 amide bonds. The number of hydrogen-bond acceptors (Lipinski definition) is 2. The first kappa shape index (κ1) is 12.0. The van der Waals surface area contributed by atoms with Gasteiger partial charge in [-0.2, -0.15) is 0 Å². The molecule has 17 heavy (non-hydrogen) atoms. The molecule has 0 unspecified atom stereocenters. The van der Waals surface area contributed by atoms with Crippen LogP contribution in [-0.2, 0) is 11.3 Å². The maximum absolute atomic E-state index is 11.6. The Labute approximate surface area is 102 Å². The molecule has 1 N–H and O–H groups in total. The first-order chi connectivity index (χ1) is 8.34. The van der Waals surface area contributed by atoms with Gasteiger partial charge < -0.3 is 10.1 Å². The lowest BCUT2D eigenvalue weighted by atomic mass is 9.96. The van der Waals surface area contributed by atoms with Gasteiger partial charge in [-0.1, -0.05) is 49.6 Å². The average Bonchev–Trinajstić information content (AvgIpc) is 2.39. The van der Waals surface area contributed by atoms with Crippen molar-refractivity contribution >= 4 is 6.09 Å². The van der Waals surface area contributed by atoms with Crippen molar-refractivity contribution in [2.75, 3.05) is 0 Å². The second-order valence-electron chi connectivity index (χ2n) is 4.54. The van der Waals surface area contributed by atoms with E-state index in [2.05, 4.69) is 5.32 Å². The number of ether oxygens (including phenoxy) is 1. The minimum atomic E-state index is -0.291.